The SMILES string of the molecule is CCc1[nH][nH]c(=O)c1C(=O)c1ccc(CS(=O)O)c(N(C)C)c1Cl. The average Bonchev–Trinajstić information content (AvgIpc) is 2.86. The van der Waals surface area contributed by atoms with E-state index in [1.807, 2.05) is 6.92 Å². The van der Waals surface area contributed by atoms with Gasteiger partial charge in [-0.2, -0.15) is 0 Å². The highest BCUT2D eigenvalue weighted by atomic mass is 35.5. The molecule has 7 nitrogen and oxygen atoms in total. The van der Waals surface area contributed by atoms with Crippen molar-refractivity contribution in [2.75, 3.05) is 19.0 Å². The normalized spacial score (nSPS) is 12.2. The van der Waals surface area contributed by atoms with Crippen LogP contribution in [0.15, 0.2) is 16.9 Å². The minimum absolute atomic E-state index is 0.0302. The highest BCUT2D eigenvalue weighted by Crippen LogP contribution is 2.34. The van der Waals surface area contributed by atoms with E-state index in [2.05, 4.69) is 10.2 Å². The number of carbonyl (C=O) groups excluding carboxylic acids is 1. The lowest BCUT2D eigenvalue weighted by Gasteiger charge is -2.20. The fourth-order valence-corrected chi connectivity index (χ4v) is 3.49. The zero-order valence-electron chi connectivity index (χ0n) is 13.5. The molecule has 24 heavy (non-hydrogen) atoms. The Morgan fingerprint density at radius 1 is 1.33 bits per heavy atom. The van der Waals surface area contributed by atoms with Gasteiger partial charge in [0, 0.05) is 25.4 Å². The van der Waals surface area contributed by atoms with Gasteiger partial charge in [-0.25, -0.2) is 4.21 Å². The predicted octanol–water partition coefficient (Wildman–Crippen LogP) is 1.94. The van der Waals surface area contributed by atoms with Crippen molar-refractivity contribution in [3.63, 3.8) is 0 Å². The molecule has 1 aromatic heterocycles. The van der Waals surface area contributed by atoms with Crippen molar-refractivity contribution in [1.82, 2.24) is 10.2 Å². The molecule has 0 saturated carbocycles. The first-order chi connectivity index (χ1) is 11.3. The maximum atomic E-state index is 12.8. The van der Waals surface area contributed by atoms with Crippen molar-refractivity contribution in [2.45, 2.75) is 19.1 Å². The Bertz CT molecular complexity index is 857. The molecule has 1 atom stereocenters. The molecule has 1 heterocycles. The summed E-state index contributed by atoms with van der Waals surface area (Å²) in [5.41, 5.74) is 1.24. The fraction of sp³-hybridized carbons (Fsp3) is 0.333. The van der Waals surface area contributed by atoms with Crippen LogP contribution in [0.5, 0.6) is 0 Å². The van der Waals surface area contributed by atoms with E-state index in [4.69, 9.17) is 16.2 Å². The van der Waals surface area contributed by atoms with Gasteiger partial charge in [0.25, 0.3) is 5.56 Å². The maximum Gasteiger partial charge on any atom is 0.275 e. The Hall–Kier alpha value is -1.90. The smallest absolute Gasteiger partial charge is 0.275 e. The van der Waals surface area contributed by atoms with Gasteiger partial charge in [0.05, 0.1) is 16.5 Å². The second-order valence-electron chi connectivity index (χ2n) is 5.41. The minimum atomic E-state index is -2.04. The highest BCUT2D eigenvalue weighted by Gasteiger charge is 2.24. The Kier molecular flexibility index (Phi) is 5.63. The van der Waals surface area contributed by atoms with Gasteiger partial charge in [-0.05, 0) is 18.1 Å². The molecule has 1 aromatic carbocycles. The third-order valence-corrected chi connectivity index (χ3v) is 4.55. The quantitative estimate of drug-likeness (QED) is 0.531. The highest BCUT2D eigenvalue weighted by molar-refractivity contribution is 7.78. The number of hydrogen-bond acceptors (Lipinski definition) is 4. The van der Waals surface area contributed by atoms with Gasteiger partial charge in [-0.1, -0.05) is 24.6 Å². The van der Waals surface area contributed by atoms with E-state index >= 15 is 0 Å². The van der Waals surface area contributed by atoms with Crippen molar-refractivity contribution in [1.29, 1.82) is 0 Å². The molecular weight excluding hydrogens is 354 g/mol. The summed E-state index contributed by atoms with van der Waals surface area (Å²) in [4.78, 5) is 26.4. The van der Waals surface area contributed by atoms with Crippen molar-refractivity contribution < 1.29 is 13.6 Å². The van der Waals surface area contributed by atoms with E-state index in [0.717, 1.165) is 0 Å². The Labute approximate surface area is 146 Å². The van der Waals surface area contributed by atoms with Gasteiger partial charge >= 0.3 is 0 Å². The summed E-state index contributed by atoms with van der Waals surface area (Å²) in [7, 11) is 3.44. The van der Waals surface area contributed by atoms with Crippen molar-refractivity contribution >= 4 is 34.2 Å². The number of rotatable bonds is 6. The Balaban J connectivity index is 2.61. The van der Waals surface area contributed by atoms with Crippen LogP contribution in [0.25, 0.3) is 0 Å². The summed E-state index contributed by atoms with van der Waals surface area (Å²) >= 11 is 4.35. The summed E-state index contributed by atoms with van der Waals surface area (Å²) in [6, 6.07) is 3.06. The average molecular weight is 372 g/mol. The van der Waals surface area contributed by atoms with E-state index in [1.165, 1.54) is 6.07 Å². The third kappa shape index (κ3) is 3.45. The first-order valence-corrected chi connectivity index (χ1v) is 8.83. The van der Waals surface area contributed by atoms with Gasteiger partial charge in [-0.15, -0.1) is 0 Å². The van der Waals surface area contributed by atoms with Crippen LogP contribution >= 0.6 is 11.6 Å². The van der Waals surface area contributed by atoms with Crippen LogP contribution in [0.1, 0.15) is 34.1 Å². The lowest BCUT2D eigenvalue weighted by Crippen LogP contribution is -2.18. The van der Waals surface area contributed by atoms with Gasteiger partial charge < -0.3 is 14.6 Å². The molecule has 0 amide bonds. The van der Waals surface area contributed by atoms with E-state index < -0.39 is 22.4 Å². The molecule has 0 aliphatic heterocycles. The number of halogens is 1. The second-order valence-corrected chi connectivity index (χ2v) is 6.72. The van der Waals surface area contributed by atoms with Crippen LogP contribution in [0.2, 0.25) is 5.02 Å². The number of aromatic nitrogens is 2. The monoisotopic (exact) mass is 371 g/mol. The molecule has 130 valence electrons. The third-order valence-electron chi connectivity index (χ3n) is 3.61. The number of ketones is 1. The summed E-state index contributed by atoms with van der Waals surface area (Å²) in [5.74, 6) is -0.591. The van der Waals surface area contributed by atoms with E-state index in [0.29, 0.717) is 23.4 Å². The van der Waals surface area contributed by atoms with Gasteiger partial charge in [0.2, 0.25) is 5.78 Å². The number of aryl methyl sites for hydroxylation is 1. The first kappa shape index (κ1) is 18.4. The fourth-order valence-electron chi connectivity index (χ4n) is 2.55. The summed E-state index contributed by atoms with van der Waals surface area (Å²) < 4.78 is 20.3. The standard InChI is InChI=1S/C15H18ClN3O4S/c1-4-10-11(15(21)18-17-10)14(20)9-6-5-8(7-24(22)23)13(12(9)16)19(2)3/h5-6H,4,7H2,1-3H3,(H,22,23)(H2,17,18,21). The van der Waals surface area contributed by atoms with Crippen molar-refractivity contribution in [3.8, 4) is 0 Å². The molecule has 2 rings (SSSR count). The number of H-pyrrole nitrogens is 2. The van der Waals surface area contributed by atoms with Crippen molar-refractivity contribution in [3.05, 3.63) is 49.9 Å². The molecule has 0 saturated heterocycles. The Morgan fingerprint density at radius 2 is 2.00 bits per heavy atom. The summed E-state index contributed by atoms with van der Waals surface area (Å²) in [5, 5.41) is 5.24. The molecule has 0 aliphatic rings. The van der Waals surface area contributed by atoms with Crippen LogP contribution in [0, 0.1) is 0 Å². The minimum Gasteiger partial charge on any atom is -0.376 e. The molecule has 2 aromatic rings. The largest absolute Gasteiger partial charge is 0.376 e. The molecule has 3 N–H and O–H groups in total. The topological polar surface area (TPSA) is 106 Å². The lowest BCUT2D eigenvalue weighted by molar-refractivity contribution is 0.103. The number of nitrogens with one attached hydrogen (secondary N) is 2. The molecule has 0 bridgehead atoms. The number of carbonyl (C=O) groups is 1. The molecule has 9 heteroatoms. The molecule has 0 aliphatic carbocycles. The first-order valence-electron chi connectivity index (χ1n) is 7.18. The van der Waals surface area contributed by atoms with Gasteiger partial charge in [0.1, 0.15) is 5.56 Å². The van der Waals surface area contributed by atoms with Crippen LogP contribution in [-0.4, -0.2) is 38.8 Å². The van der Waals surface area contributed by atoms with E-state index in [9.17, 15) is 13.8 Å². The molecule has 0 radical (unpaired) electrons. The zero-order chi connectivity index (χ0) is 18.0. The lowest BCUT2D eigenvalue weighted by atomic mass is 10.00. The Morgan fingerprint density at radius 3 is 2.54 bits per heavy atom. The number of anilines is 1. The van der Waals surface area contributed by atoms with Gasteiger partial charge in [0.15, 0.2) is 11.1 Å². The molecule has 0 spiro atoms. The zero-order valence-corrected chi connectivity index (χ0v) is 15.0. The summed E-state index contributed by atoms with van der Waals surface area (Å²) in [6.07, 6.45) is 0.486. The predicted molar refractivity (Wildman–Crippen MR) is 94.5 cm³/mol. The molecule has 1 unspecified atom stereocenters. The van der Waals surface area contributed by atoms with Crippen LogP contribution in [0.3, 0.4) is 0 Å². The number of hydrogen-bond donors (Lipinski definition) is 3. The van der Waals surface area contributed by atoms with E-state index in [-0.39, 0.29) is 21.9 Å². The second kappa shape index (κ2) is 7.33. The molecular formula is C15H18ClN3O4S. The molecule has 0 fully saturated rings. The number of aromatic amines is 2. The van der Waals surface area contributed by atoms with Gasteiger partial charge in [-0.3, -0.25) is 14.7 Å². The maximum absolute atomic E-state index is 12.8. The van der Waals surface area contributed by atoms with E-state index in [1.54, 1.807) is 25.1 Å². The number of benzene rings is 1. The number of nitrogens with zero attached hydrogens (tertiary/aromatic N) is 1. The van der Waals surface area contributed by atoms with Crippen molar-refractivity contribution in [2.24, 2.45) is 0 Å². The summed E-state index contributed by atoms with van der Waals surface area (Å²) in [6.45, 7) is 1.82. The van der Waals surface area contributed by atoms with Crippen LogP contribution in [-0.2, 0) is 23.3 Å². The van der Waals surface area contributed by atoms with Crippen LogP contribution in [0.4, 0.5) is 5.69 Å². The van der Waals surface area contributed by atoms with Crippen LogP contribution < -0.4 is 10.5 Å².